The first kappa shape index (κ1) is 12.8. The normalized spacial score (nSPS) is 19.1. The van der Waals surface area contributed by atoms with Gasteiger partial charge < -0.3 is 4.90 Å². The standard InChI is InChI=1S/C14H17N5O/c1-11-5-12(7-15-6-11)14(20)18-4-2-3-13(8-18)19-10-16-9-17-19/h5-7,9-10,13H,2-4,8H2,1H3. The summed E-state index contributed by atoms with van der Waals surface area (Å²) < 4.78 is 1.84. The van der Waals surface area contributed by atoms with E-state index in [1.807, 2.05) is 22.6 Å². The lowest BCUT2D eigenvalue weighted by Gasteiger charge is -2.32. The molecule has 6 heteroatoms. The number of rotatable bonds is 2. The maximum absolute atomic E-state index is 12.5. The molecule has 104 valence electrons. The van der Waals surface area contributed by atoms with Crippen molar-refractivity contribution >= 4 is 5.91 Å². The third-order valence-electron chi connectivity index (χ3n) is 3.62. The molecule has 1 aliphatic rings. The predicted octanol–water partition coefficient (Wildman–Crippen LogP) is 1.46. The first-order chi connectivity index (χ1) is 9.74. The topological polar surface area (TPSA) is 63.9 Å². The molecule has 3 rings (SSSR count). The van der Waals surface area contributed by atoms with Crippen molar-refractivity contribution in [2.75, 3.05) is 13.1 Å². The molecular formula is C14H17N5O. The van der Waals surface area contributed by atoms with Gasteiger partial charge in [-0.3, -0.25) is 9.78 Å². The number of amides is 1. The van der Waals surface area contributed by atoms with Crippen molar-refractivity contribution in [1.82, 2.24) is 24.6 Å². The molecule has 1 aliphatic heterocycles. The van der Waals surface area contributed by atoms with E-state index >= 15 is 0 Å². The minimum atomic E-state index is 0.0472. The highest BCUT2D eigenvalue weighted by molar-refractivity contribution is 5.94. The van der Waals surface area contributed by atoms with Crippen LogP contribution in [0.2, 0.25) is 0 Å². The first-order valence-corrected chi connectivity index (χ1v) is 6.79. The van der Waals surface area contributed by atoms with Gasteiger partial charge in [-0.15, -0.1) is 0 Å². The number of hydrogen-bond donors (Lipinski definition) is 0. The molecule has 1 saturated heterocycles. The summed E-state index contributed by atoms with van der Waals surface area (Å²) in [5, 5.41) is 4.18. The minimum Gasteiger partial charge on any atom is -0.336 e. The van der Waals surface area contributed by atoms with Crippen LogP contribution in [0.4, 0.5) is 0 Å². The fourth-order valence-electron chi connectivity index (χ4n) is 2.62. The maximum atomic E-state index is 12.5. The molecule has 0 aromatic carbocycles. The summed E-state index contributed by atoms with van der Waals surface area (Å²) in [7, 11) is 0. The van der Waals surface area contributed by atoms with Gasteiger partial charge in [0.1, 0.15) is 12.7 Å². The Hall–Kier alpha value is -2.24. The fourth-order valence-corrected chi connectivity index (χ4v) is 2.62. The second-order valence-corrected chi connectivity index (χ2v) is 5.17. The quantitative estimate of drug-likeness (QED) is 0.829. The van der Waals surface area contributed by atoms with Crippen LogP contribution in [0.1, 0.15) is 34.8 Å². The van der Waals surface area contributed by atoms with Crippen LogP contribution >= 0.6 is 0 Å². The van der Waals surface area contributed by atoms with Crippen molar-refractivity contribution < 1.29 is 4.79 Å². The van der Waals surface area contributed by atoms with E-state index in [1.54, 1.807) is 18.7 Å². The average molecular weight is 271 g/mol. The Balaban J connectivity index is 1.75. The lowest BCUT2D eigenvalue weighted by molar-refractivity contribution is 0.0672. The van der Waals surface area contributed by atoms with Crippen LogP contribution in [0, 0.1) is 6.92 Å². The molecule has 6 nitrogen and oxygen atoms in total. The van der Waals surface area contributed by atoms with Gasteiger partial charge in [0.25, 0.3) is 5.91 Å². The number of carbonyl (C=O) groups excluding carboxylic acids is 1. The van der Waals surface area contributed by atoms with Gasteiger partial charge in [0.15, 0.2) is 0 Å². The summed E-state index contributed by atoms with van der Waals surface area (Å²) >= 11 is 0. The number of piperidine rings is 1. The number of likely N-dealkylation sites (tertiary alicyclic amines) is 1. The van der Waals surface area contributed by atoms with E-state index in [-0.39, 0.29) is 11.9 Å². The summed E-state index contributed by atoms with van der Waals surface area (Å²) in [5.74, 6) is 0.0472. The highest BCUT2D eigenvalue weighted by atomic mass is 16.2. The zero-order chi connectivity index (χ0) is 13.9. The third-order valence-corrected chi connectivity index (χ3v) is 3.62. The maximum Gasteiger partial charge on any atom is 0.255 e. The average Bonchev–Trinajstić information content (AvgIpc) is 3.01. The molecule has 1 unspecified atom stereocenters. The molecule has 1 fully saturated rings. The van der Waals surface area contributed by atoms with Crippen molar-refractivity contribution in [3.8, 4) is 0 Å². The molecular weight excluding hydrogens is 254 g/mol. The molecule has 0 aliphatic carbocycles. The highest BCUT2D eigenvalue weighted by Crippen LogP contribution is 2.21. The van der Waals surface area contributed by atoms with Crippen molar-refractivity contribution in [2.45, 2.75) is 25.8 Å². The van der Waals surface area contributed by atoms with Crippen LogP contribution in [0.5, 0.6) is 0 Å². The van der Waals surface area contributed by atoms with E-state index < -0.39 is 0 Å². The highest BCUT2D eigenvalue weighted by Gasteiger charge is 2.26. The van der Waals surface area contributed by atoms with E-state index in [0.717, 1.165) is 24.9 Å². The Bertz CT molecular complexity index is 595. The second-order valence-electron chi connectivity index (χ2n) is 5.17. The van der Waals surface area contributed by atoms with Crippen molar-refractivity contribution in [3.05, 3.63) is 42.2 Å². The molecule has 0 radical (unpaired) electrons. The van der Waals surface area contributed by atoms with Gasteiger partial charge in [0.05, 0.1) is 11.6 Å². The van der Waals surface area contributed by atoms with E-state index in [0.29, 0.717) is 12.1 Å². The van der Waals surface area contributed by atoms with Crippen LogP contribution in [0.3, 0.4) is 0 Å². The number of hydrogen-bond acceptors (Lipinski definition) is 4. The molecule has 1 atom stereocenters. The Morgan fingerprint density at radius 1 is 1.35 bits per heavy atom. The van der Waals surface area contributed by atoms with Gasteiger partial charge in [0.2, 0.25) is 0 Å². The smallest absolute Gasteiger partial charge is 0.255 e. The molecule has 2 aromatic heterocycles. The predicted molar refractivity (Wildman–Crippen MR) is 73.2 cm³/mol. The molecule has 3 heterocycles. The van der Waals surface area contributed by atoms with Crippen molar-refractivity contribution in [3.63, 3.8) is 0 Å². The Morgan fingerprint density at radius 3 is 3.00 bits per heavy atom. The van der Waals surface area contributed by atoms with Gasteiger partial charge in [0, 0.05) is 25.5 Å². The van der Waals surface area contributed by atoms with Gasteiger partial charge >= 0.3 is 0 Å². The SMILES string of the molecule is Cc1cncc(C(=O)N2CCCC(n3cncn3)C2)c1. The van der Waals surface area contributed by atoms with Gasteiger partial charge in [-0.1, -0.05) is 0 Å². The Labute approximate surface area is 117 Å². The molecule has 1 amide bonds. The molecule has 20 heavy (non-hydrogen) atoms. The number of pyridine rings is 1. The molecule has 0 saturated carbocycles. The van der Waals surface area contributed by atoms with Crippen LogP contribution < -0.4 is 0 Å². The molecule has 0 N–H and O–H groups in total. The van der Waals surface area contributed by atoms with Crippen molar-refractivity contribution in [2.24, 2.45) is 0 Å². The number of nitrogens with zero attached hydrogens (tertiary/aromatic N) is 5. The van der Waals surface area contributed by atoms with E-state index in [9.17, 15) is 4.79 Å². The summed E-state index contributed by atoms with van der Waals surface area (Å²) in [6.07, 6.45) is 8.65. The summed E-state index contributed by atoms with van der Waals surface area (Å²) in [5.41, 5.74) is 1.66. The van der Waals surface area contributed by atoms with Crippen LogP contribution in [-0.2, 0) is 0 Å². The number of aromatic nitrogens is 4. The van der Waals surface area contributed by atoms with Crippen molar-refractivity contribution in [1.29, 1.82) is 0 Å². The second kappa shape index (κ2) is 5.40. The summed E-state index contributed by atoms with van der Waals surface area (Å²) in [4.78, 5) is 22.5. The first-order valence-electron chi connectivity index (χ1n) is 6.79. The Morgan fingerprint density at radius 2 is 2.25 bits per heavy atom. The summed E-state index contributed by atoms with van der Waals surface area (Å²) in [6.45, 7) is 3.41. The minimum absolute atomic E-state index is 0.0472. The third kappa shape index (κ3) is 2.54. The zero-order valence-corrected chi connectivity index (χ0v) is 11.4. The van der Waals surface area contributed by atoms with E-state index in [1.165, 1.54) is 6.33 Å². The molecule has 2 aromatic rings. The fraction of sp³-hybridized carbons (Fsp3) is 0.429. The largest absolute Gasteiger partial charge is 0.336 e. The lowest BCUT2D eigenvalue weighted by Crippen LogP contribution is -2.40. The van der Waals surface area contributed by atoms with Crippen LogP contribution in [0.25, 0.3) is 0 Å². The molecule has 0 spiro atoms. The lowest BCUT2D eigenvalue weighted by atomic mass is 10.0. The Kier molecular flexibility index (Phi) is 3.45. The van der Waals surface area contributed by atoms with Gasteiger partial charge in [-0.2, -0.15) is 5.10 Å². The van der Waals surface area contributed by atoms with Gasteiger partial charge in [-0.25, -0.2) is 9.67 Å². The van der Waals surface area contributed by atoms with E-state index in [4.69, 9.17) is 0 Å². The number of aryl methyl sites for hydroxylation is 1. The van der Waals surface area contributed by atoms with Crippen LogP contribution in [0.15, 0.2) is 31.1 Å². The summed E-state index contributed by atoms with van der Waals surface area (Å²) in [6, 6.07) is 2.10. The number of carbonyl (C=O) groups is 1. The van der Waals surface area contributed by atoms with Crippen LogP contribution in [-0.4, -0.2) is 43.6 Å². The zero-order valence-electron chi connectivity index (χ0n) is 11.4. The monoisotopic (exact) mass is 271 g/mol. The molecule has 0 bridgehead atoms. The van der Waals surface area contributed by atoms with E-state index in [2.05, 4.69) is 15.1 Å². The van der Waals surface area contributed by atoms with Gasteiger partial charge in [-0.05, 0) is 31.4 Å².